The number of thioether (sulfide) groups is 2. The highest BCUT2D eigenvalue weighted by Crippen LogP contribution is 2.59. The first-order valence-electron chi connectivity index (χ1n) is 10.8. The minimum atomic E-state index is -0.784. The number of methoxy groups -OCH3 is 1. The largest absolute Gasteiger partial charge is 0.368 e. The summed E-state index contributed by atoms with van der Waals surface area (Å²) in [7, 11) is 3.21. The molecule has 13 heteroatoms. The Morgan fingerprint density at radius 2 is 1.97 bits per heavy atom. The van der Waals surface area contributed by atoms with Gasteiger partial charge in [-0.2, -0.15) is 0 Å². The Kier molecular flexibility index (Phi) is 6.53. The van der Waals surface area contributed by atoms with E-state index < -0.39 is 25.9 Å². The van der Waals surface area contributed by atoms with Gasteiger partial charge in [0.1, 0.15) is 5.37 Å². The number of benzene rings is 1. The highest BCUT2D eigenvalue weighted by atomic mass is 32.2. The molecule has 3 atom stereocenters. The quantitative estimate of drug-likeness (QED) is 0.306. The molecule has 35 heavy (non-hydrogen) atoms. The van der Waals surface area contributed by atoms with E-state index in [-0.39, 0.29) is 17.4 Å². The van der Waals surface area contributed by atoms with Crippen LogP contribution in [0.3, 0.4) is 0 Å². The molecule has 1 saturated heterocycles. The normalized spacial score (nSPS) is 24.3. The molecule has 0 saturated carbocycles. The van der Waals surface area contributed by atoms with Gasteiger partial charge in [-0.05, 0) is 28.5 Å². The van der Waals surface area contributed by atoms with Gasteiger partial charge in [0.25, 0.3) is 11.6 Å². The number of aryl methyl sites for hydroxylation is 1. The van der Waals surface area contributed by atoms with Gasteiger partial charge in [0, 0.05) is 38.1 Å². The van der Waals surface area contributed by atoms with Crippen molar-refractivity contribution in [2.24, 2.45) is 12.5 Å². The summed E-state index contributed by atoms with van der Waals surface area (Å²) in [6.45, 7) is 7.32. The highest BCUT2D eigenvalue weighted by Gasteiger charge is 2.60. The number of carbonyl (C=O) groups is 2. The van der Waals surface area contributed by atoms with Crippen molar-refractivity contribution in [2.45, 2.75) is 54.8 Å². The van der Waals surface area contributed by atoms with Crippen LogP contribution in [0.4, 0.5) is 5.69 Å². The molecule has 0 N–H and O–H groups in total. The summed E-state index contributed by atoms with van der Waals surface area (Å²) in [6.07, 6.45) is -0.278. The Balaban J connectivity index is 1.88. The van der Waals surface area contributed by atoms with Gasteiger partial charge in [-0.25, -0.2) is 4.68 Å². The van der Waals surface area contributed by atoms with Crippen molar-refractivity contribution in [2.75, 3.05) is 7.11 Å². The number of hydrogen-bond acceptors (Lipinski definition) is 10. The molecule has 2 aliphatic heterocycles. The van der Waals surface area contributed by atoms with Gasteiger partial charge < -0.3 is 4.74 Å². The number of nitrogens with zero attached hydrogens (tertiary/aromatic N) is 6. The molecule has 3 heterocycles. The number of tetrazole rings is 1. The van der Waals surface area contributed by atoms with E-state index in [1.54, 1.807) is 28.8 Å². The first-order chi connectivity index (χ1) is 16.4. The zero-order valence-electron chi connectivity index (χ0n) is 20.2. The van der Waals surface area contributed by atoms with Crippen molar-refractivity contribution in [1.82, 2.24) is 25.1 Å². The SMILES string of the molecule is CO[C@H]1C(=O)N2C(C(=O)C(C)(C)C)=C(C)C(Cc3ccc([N+](=O)[O-])cc3)(Sc3nnnn3C)S[C@@H]12. The summed E-state index contributed by atoms with van der Waals surface area (Å²) in [4.78, 5) is 38.9. The Hall–Kier alpha value is -2.77. The number of amides is 1. The number of hydrogen-bond donors (Lipinski definition) is 0. The van der Waals surface area contributed by atoms with Crippen LogP contribution in [0.25, 0.3) is 0 Å². The van der Waals surface area contributed by atoms with Crippen LogP contribution < -0.4 is 0 Å². The Morgan fingerprint density at radius 3 is 2.49 bits per heavy atom. The topological polar surface area (TPSA) is 133 Å². The number of rotatable bonds is 7. The molecular formula is C22H26N6O5S2. The molecular weight excluding hydrogens is 492 g/mol. The Bertz CT molecular complexity index is 1220. The van der Waals surface area contributed by atoms with Crippen molar-refractivity contribution in [3.05, 3.63) is 51.2 Å². The summed E-state index contributed by atoms with van der Waals surface area (Å²) in [5.41, 5.74) is 1.19. The van der Waals surface area contributed by atoms with E-state index in [0.29, 0.717) is 22.8 Å². The zero-order valence-corrected chi connectivity index (χ0v) is 21.8. The van der Waals surface area contributed by atoms with Crippen LogP contribution in [0.2, 0.25) is 0 Å². The molecule has 0 radical (unpaired) electrons. The number of aromatic nitrogens is 4. The summed E-state index contributed by atoms with van der Waals surface area (Å²) in [6, 6.07) is 6.34. The summed E-state index contributed by atoms with van der Waals surface area (Å²) in [5, 5.41) is 23.1. The van der Waals surface area contributed by atoms with Crippen LogP contribution in [0.5, 0.6) is 0 Å². The third kappa shape index (κ3) is 4.36. The summed E-state index contributed by atoms with van der Waals surface area (Å²) in [5.74, 6) is -0.390. The monoisotopic (exact) mass is 518 g/mol. The number of fused-ring (bicyclic) bond motifs is 1. The molecule has 1 amide bonds. The molecule has 2 aromatic rings. The second-order valence-corrected chi connectivity index (χ2v) is 12.4. The minimum Gasteiger partial charge on any atom is -0.368 e. The smallest absolute Gasteiger partial charge is 0.269 e. The van der Waals surface area contributed by atoms with E-state index in [0.717, 1.165) is 5.56 Å². The summed E-state index contributed by atoms with van der Waals surface area (Å²) >= 11 is 2.90. The van der Waals surface area contributed by atoms with Crippen LogP contribution in [-0.2, 0) is 27.8 Å². The number of ether oxygens (including phenoxy) is 1. The standard InChI is InChI=1S/C22H26N6O5S2/c1-12-15(17(29)21(2,3)4)27-18(30)16(33-6)19(27)34-22(12,35-20-23-24-25-26(20)5)11-13-7-9-14(10-8-13)28(31)32/h7-10,16,19H,11H2,1-6H3/t16-,19-,22?/m0/s1. The van der Waals surface area contributed by atoms with Crippen LogP contribution in [0.1, 0.15) is 33.3 Å². The number of β-lactam (4-membered cyclic amide) rings is 1. The summed E-state index contributed by atoms with van der Waals surface area (Å²) < 4.78 is 6.25. The highest BCUT2D eigenvalue weighted by molar-refractivity contribution is 8.18. The first kappa shape index (κ1) is 25.3. The number of nitro benzene ring substituents is 1. The maximum absolute atomic E-state index is 13.7. The molecule has 1 aromatic heterocycles. The van der Waals surface area contributed by atoms with Crippen molar-refractivity contribution in [1.29, 1.82) is 0 Å². The molecule has 1 unspecified atom stereocenters. The van der Waals surface area contributed by atoms with Gasteiger partial charge in [-0.1, -0.05) is 44.7 Å². The molecule has 0 bridgehead atoms. The van der Waals surface area contributed by atoms with Crippen molar-refractivity contribution >= 4 is 40.9 Å². The average Bonchev–Trinajstić information content (AvgIpc) is 3.19. The Morgan fingerprint density at radius 1 is 1.31 bits per heavy atom. The fourth-order valence-electron chi connectivity index (χ4n) is 4.06. The fourth-order valence-corrected chi connectivity index (χ4v) is 7.38. The number of ketones is 1. The van der Waals surface area contributed by atoms with Crippen molar-refractivity contribution < 1.29 is 19.2 Å². The van der Waals surface area contributed by atoms with Crippen molar-refractivity contribution in [3.8, 4) is 0 Å². The third-order valence-electron chi connectivity index (χ3n) is 6.04. The first-order valence-corrected chi connectivity index (χ1v) is 12.5. The van der Waals surface area contributed by atoms with Crippen molar-refractivity contribution in [3.63, 3.8) is 0 Å². The van der Waals surface area contributed by atoms with Gasteiger partial charge in [0.2, 0.25) is 5.16 Å². The van der Waals surface area contributed by atoms with E-state index in [4.69, 9.17) is 4.74 Å². The second-order valence-electron chi connectivity index (χ2n) is 9.47. The lowest BCUT2D eigenvalue weighted by molar-refractivity contribution is -0.384. The minimum absolute atomic E-state index is 0.00433. The maximum Gasteiger partial charge on any atom is 0.269 e. The van der Waals surface area contributed by atoms with E-state index in [1.807, 2.05) is 27.7 Å². The van der Waals surface area contributed by atoms with Gasteiger partial charge in [-0.3, -0.25) is 24.6 Å². The molecule has 0 aliphatic carbocycles. The van der Waals surface area contributed by atoms with Crippen LogP contribution in [0.15, 0.2) is 40.7 Å². The van der Waals surface area contributed by atoms with E-state index in [2.05, 4.69) is 15.5 Å². The maximum atomic E-state index is 13.7. The molecule has 2 aliphatic rings. The lowest BCUT2D eigenvalue weighted by Crippen LogP contribution is -2.68. The third-order valence-corrected chi connectivity index (χ3v) is 9.42. The molecule has 186 valence electrons. The number of carbonyl (C=O) groups excluding carboxylic acids is 2. The number of non-ortho nitro benzene ring substituents is 1. The number of allylic oxidation sites excluding steroid dienone is 1. The van der Waals surface area contributed by atoms with Gasteiger partial charge in [0.15, 0.2) is 11.9 Å². The lowest BCUT2D eigenvalue weighted by Gasteiger charge is -2.55. The lowest BCUT2D eigenvalue weighted by atomic mass is 9.84. The van der Waals surface area contributed by atoms with E-state index in [9.17, 15) is 19.7 Å². The second kappa shape index (κ2) is 9.03. The van der Waals surface area contributed by atoms with Crippen LogP contribution >= 0.6 is 23.5 Å². The average molecular weight is 519 g/mol. The number of Topliss-reactive ketones (excluding diaryl/α,β-unsaturated/α-hetero) is 1. The zero-order chi connectivity index (χ0) is 25.7. The molecule has 11 nitrogen and oxygen atoms in total. The number of nitro groups is 1. The van der Waals surface area contributed by atoms with Gasteiger partial charge in [-0.15, -0.1) is 16.9 Å². The predicted molar refractivity (Wildman–Crippen MR) is 130 cm³/mol. The van der Waals surface area contributed by atoms with E-state index >= 15 is 0 Å². The Labute approximate surface area is 210 Å². The molecule has 4 rings (SSSR count). The fraction of sp³-hybridized carbons (Fsp3) is 0.500. The van der Waals surface area contributed by atoms with Crippen LogP contribution in [-0.4, -0.2) is 64.4 Å². The van der Waals surface area contributed by atoms with Gasteiger partial charge >= 0.3 is 0 Å². The predicted octanol–water partition coefficient (Wildman–Crippen LogP) is 2.97. The molecule has 1 aromatic carbocycles. The van der Waals surface area contributed by atoms with E-state index in [1.165, 1.54) is 42.8 Å². The van der Waals surface area contributed by atoms with Crippen LogP contribution in [0, 0.1) is 15.5 Å². The molecule has 1 fully saturated rings. The van der Waals surface area contributed by atoms with Gasteiger partial charge in [0.05, 0.1) is 14.7 Å². The molecule has 0 spiro atoms.